The molecule has 4 nitrogen and oxygen atoms in total. The van der Waals surface area contributed by atoms with Crippen LogP contribution in [0.1, 0.15) is 16.2 Å². The molecule has 1 heterocycles. The van der Waals surface area contributed by atoms with Crippen LogP contribution in [-0.4, -0.2) is 31.7 Å². The fraction of sp³-hybridized carbons (Fsp3) is 0.273. The van der Waals surface area contributed by atoms with Crippen LogP contribution in [0.3, 0.4) is 0 Å². The molecular formula is C11H12N2O2. The number of carbonyl (C=O) groups excluding carboxylic acids is 1. The smallest absolute Gasteiger partial charge is 0.356 e. The van der Waals surface area contributed by atoms with Crippen LogP contribution in [0.2, 0.25) is 0 Å². The third-order valence-corrected chi connectivity index (χ3v) is 1.63. The highest BCUT2D eigenvalue weighted by Gasteiger charge is 2.05. The Morgan fingerprint density at radius 1 is 1.60 bits per heavy atom. The molecular weight excluding hydrogens is 192 g/mol. The summed E-state index contributed by atoms with van der Waals surface area (Å²) in [6, 6.07) is 5.06. The molecule has 0 aliphatic rings. The Bertz CT molecular complexity index is 405. The molecule has 0 saturated carbocycles. The van der Waals surface area contributed by atoms with Crippen LogP contribution < -0.4 is 5.32 Å². The Balaban J connectivity index is 2.84. The van der Waals surface area contributed by atoms with Gasteiger partial charge in [0.25, 0.3) is 0 Å². The number of methoxy groups -OCH3 is 1. The molecule has 1 N–H and O–H groups in total. The summed E-state index contributed by atoms with van der Waals surface area (Å²) >= 11 is 0. The molecule has 15 heavy (non-hydrogen) atoms. The summed E-state index contributed by atoms with van der Waals surface area (Å²) in [4.78, 5) is 15.2. The molecule has 1 aromatic rings. The number of hydrogen-bond acceptors (Lipinski definition) is 4. The Hall–Kier alpha value is -1.86. The number of ether oxygens (including phenoxy) is 1. The third kappa shape index (κ3) is 3.41. The summed E-state index contributed by atoms with van der Waals surface area (Å²) in [6.45, 7) is 0.587. The number of pyridine rings is 1. The lowest BCUT2D eigenvalue weighted by molar-refractivity contribution is 0.0594. The van der Waals surface area contributed by atoms with Crippen molar-refractivity contribution in [2.24, 2.45) is 0 Å². The first kappa shape index (κ1) is 11.2. The molecule has 0 aliphatic carbocycles. The summed E-state index contributed by atoms with van der Waals surface area (Å²) in [5.41, 5.74) is 0.835. The SMILES string of the molecule is CNCC#Cc1cccc(C(=O)OC)n1. The van der Waals surface area contributed by atoms with E-state index in [0.29, 0.717) is 12.2 Å². The van der Waals surface area contributed by atoms with E-state index in [1.807, 2.05) is 7.05 Å². The molecule has 0 bridgehead atoms. The van der Waals surface area contributed by atoms with Gasteiger partial charge in [0.15, 0.2) is 0 Å². The van der Waals surface area contributed by atoms with Gasteiger partial charge in [-0.1, -0.05) is 12.0 Å². The van der Waals surface area contributed by atoms with Gasteiger partial charge in [0.2, 0.25) is 0 Å². The van der Waals surface area contributed by atoms with Crippen molar-refractivity contribution in [2.45, 2.75) is 0 Å². The predicted octanol–water partition coefficient (Wildman–Crippen LogP) is 0.439. The van der Waals surface area contributed by atoms with Crippen molar-refractivity contribution in [3.8, 4) is 11.8 Å². The van der Waals surface area contributed by atoms with Gasteiger partial charge in [0.05, 0.1) is 13.7 Å². The summed E-state index contributed by atoms with van der Waals surface area (Å²) in [7, 11) is 3.14. The number of hydrogen-bond donors (Lipinski definition) is 1. The number of carbonyl (C=O) groups is 1. The topological polar surface area (TPSA) is 51.2 Å². The van der Waals surface area contributed by atoms with Crippen molar-refractivity contribution in [1.82, 2.24) is 10.3 Å². The molecule has 0 spiro atoms. The van der Waals surface area contributed by atoms with Crippen molar-refractivity contribution in [1.29, 1.82) is 0 Å². The van der Waals surface area contributed by atoms with E-state index in [0.717, 1.165) is 0 Å². The van der Waals surface area contributed by atoms with Gasteiger partial charge in [0, 0.05) is 0 Å². The first-order chi connectivity index (χ1) is 7.27. The Kier molecular flexibility index (Phi) is 4.32. The van der Waals surface area contributed by atoms with Gasteiger partial charge in [0.1, 0.15) is 11.4 Å². The number of aromatic nitrogens is 1. The number of nitrogens with one attached hydrogen (secondary N) is 1. The monoisotopic (exact) mass is 204 g/mol. The fourth-order valence-electron chi connectivity index (χ4n) is 0.946. The molecule has 0 saturated heterocycles. The second-order valence-electron chi connectivity index (χ2n) is 2.73. The minimum absolute atomic E-state index is 0.272. The standard InChI is InChI=1S/C11H12N2O2/c1-12-8-4-6-9-5-3-7-10(13-9)11(14)15-2/h3,5,7,12H,8H2,1-2H3. The van der Waals surface area contributed by atoms with Crippen LogP contribution in [0.15, 0.2) is 18.2 Å². The Morgan fingerprint density at radius 3 is 3.07 bits per heavy atom. The van der Waals surface area contributed by atoms with E-state index in [9.17, 15) is 4.79 Å². The van der Waals surface area contributed by atoms with E-state index in [1.54, 1.807) is 18.2 Å². The van der Waals surface area contributed by atoms with E-state index >= 15 is 0 Å². The molecule has 78 valence electrons. The van der Waals surface area contributed by atoms with Gasteiger partial charge in [-0.05, 0) is 25.1 Å². The minimum atomic E-state index is -0.452. The van der Waals surface area contributed by atoms with Gasteiger partial charge in [-0.25, -0.2) is 9.78 Å². The largest absolute Gasteiger partial charge is 0.464 e. The fourth-order valence-corrected chi connectivity index (χ4v) is 0.946. The molecule has 0 radical (unpaired) electrons. The molecule has 1 rings (SSSR count). The third-order valence-electron chi connectivity index (χ3n) is 1.63. The van der Waals surface area contributed by atoms with E-state index in [-0.39, 0.29) is 5.69 Å². The summed E-state index contributed by atoms with van der Waals surface area (Å²) < 4.78 is 4.55. The van der Waals surface area contributed by atoms with E-state index in [4.69, 9.17) is 0 Å². The molecule has 4 heteroatoms. The Morgan fingerprint density at radius 2 is 2.40 bits per heavy atom. The highest BCUT2D eigenvalue weighted by molar-refractivity contribution is 5.87. The van der Waals surface area contributed by atoms with Crippen LogP contribution in [0.5, 0.6) is 0 Å². The van der Waals surface area contributed by atoms with Gasteiger partial charge >= 0.3 is 5.97 Å². The summed E-state index contributed by atoms with van der Waals surface area (Å²) in [6.07, 6.45) is 0. The van der Waals surface area contributed by atoms with Gasteiger partial charge in [-0.2, -0.15) is 0 Å². The van der Waals surface area contributed by atoms with Gasteiger partial charge < -0.3 is 10.1 Å². The van der Waals surface area contributed by atoms with Crippen molar-refractivity contribution < 1.29 is 9.53 Å². The zero-order valence-corrected chi connectivity index (χ0v) is 8.70. The lowest BCUT2D eigenvalue weighted by Gasteiger charge is -1.97. The molecule has 0 aliphatic heterocycles. The highest BCUT2D eigenvalue weighted by Crippen LogP contribution is 1.99. The summed E-state index contributed by atoms with van der Waals surface area (Å²) in [5, 5.41) is 2.89. The normalized spacial score (nSPS) is 8.93. The maximum Gasteiger partial charge on any atom is 0.356 e. The summed E-state index contributed by atoms with van der Waals surface area (Å²) in [5.74, 6) is 5.24. The van der Waals surface area contributed by atoms with Crippen LogP contribution in [0, 0.1) is 11.8 Å². The first-order valence-corrected chi connectivity index (χ1v) is 4.46. The van der Waals surface area contributed by atoms with Crippen molar-refractivity contribution >= 4 is 5.97 Å². The molecule has 0 aromatic carbocycles. The lowest BCUT2D eigenvalue weighted by Crippen LogP contribution is -2.06. The second-order valence-corrected chi connectivity index (χ2v) is 2.73. The number of esters is 1. The minimum Gasteiger partial charge on any atom is -0.464 e. The van der Waals surface area contributed by atoms with E-state index in [2.05, 4.69) is 26.9 Å². The average molecular weight is 204 g/mol. The van der Waals surface area contributed by atoms with Gasteiger partial charge in [-0.15, -0.1) is 0 Å². The molecule has 0 unspecified atom stereocenters. The molecule has 1 aromatic heterocycles. The van der Waals surface area contributed by atoms with Crippen LogP contribution >= 0.6 is 0 Å². The first-order valence-electron chi connectivity index (χ1n) is 4.46. The quantitative estimate of drug-likeness (QED) is 0.561. The zero-order chi connectivity index (χ0) is 11.1. The lowest BCUT2D eigenvalue weighted by atomic mass is 10.3. The molecule has 0 fully saturated rings. The molecule has 0 atom stereocenters. The number of rotatable bonds is 2. The highest BCUT2D eigenvalue weighted by atomic mass is 16.5. The maximum absolute atomic E-state index is 11.2. The average Bonchev–Trinajstić information content (AvgIpc) is 2.29. The number of nitrogens with zero attached hydrogens (tertiary/aromatic N) is 1. The predicted molar refractivity (Wildman–Crippen MR) is 56.4 cm³/mol. The van der Waals surface area contributed by atoms with Crippen LogP contribution in [-0.2, 0) is 4.74 Å². The van der Waals surface area contributed by atoms with Crippen LogP contribution in [0.25, 0.3) is 0 Å². The van der Waals surface area contributed by atoms with E-state index < -0.39 is 5.97 Å². The Labute approximate surface area is 88.7 Å². The zero-order valence-electron chi connectivity index (χ0n) is 8.70. The van der Waals surface area contributed by atoms with Crippen molar-refractivity contribution in [2.75, 3.05) is 20.7 Å². The van der Waals surface area contributed by atoms with Crippen molar-refractivity contribution in [3.05, 3.63) is 29.6 Å². The van der Waals surface area contributed by atoms with Crippen LogP contribution in [0.4, 0.5) is 0 Å². The van der Waals surface area contributed by atoms with Crippen molar-refractivity contribution in [3.63, 3.8) is 0 Å². The van der Waals surface area contributed by atoms with E-state index in [1.165, 1.54) is 7.11 Å². The molecule has 0 amide bonds. The maximum atomic E-state index is 11.2. The second kappa shape index (κ2) is 5.78. The van der Waals surface area contributed by atoms with Gasteiger partial charge in [-0.3, -0.25) is 0 Å².